The normalized spacial score (nSPS) is 15.3. The first-order chi connectivity index (χ1) is 10.6. The van der Waals surface area contributed by atoms with E-state index in [-0.39, 0.29) is 11.5 Å². The van der Waals surface area contributed by atoms with E-state index >= 15 is 0 Å². The van der Waals surface area contributed by atoms with Crippen LogP contribution in [0.25, 0.3) is 0 Å². The Hall–Kier alpha value is -2.50. The monoisotopic (exact) mass is 298 g/mol. The standard InChI is InChI=1S/C16H18N4O2/c1-11(16(22)18-10-13-4-2-3-9-17-13)20-15(21)8-7-14(19-20)12-5-6-12/h2-4,7-9,11-12H,5-6,10H2,1H3,(H,18,22)/t11-/m1/s1. The van der Waals surface area contributed by atoms with Gasteiger partial charge in [-0.25, -0.2) is 4.68 Å². The molecule has 0 unspecified atom stereocenters. The average molecular weight is 298 g/mol. The fourth-order valence-electron chi connectivity index (χ4n) is 2.25. The topological polar surface area (TPSA) is 76.9 Å². The summed E-state index contributed by atoms with van der Waals surface area (Å²) in [6, 6.07) is 8.13. The molecule has 0 aromatic carbocycles. The van der Waals surface area contributed by atoms with Gasteiger partial charge < -0.3 is 5.32 Å². The highest BCUT2D eigenvalue weighted by Gasteiger charge is 2.27. The van der Waals surface area contributed by atoms with Crippen LogP contribution in [0, 0.1) is 0 Å². The first-order valence-electron chi connectivity index (χ1n) is 7.42. The van der Waals surface area contributed by atoms with Gasteiger partial charge in [0.25, 0.3) is 5.56 Å². The smallest absolute Gasteiger partial charge is 0.267 e. The maximum absolute atomic E-state index is 12.2. The largest absolute Gasteiger partial charge is 0.349 e. The number of aromatic nitrogens is 3. The molecule has 6 heteroatoms. The predicted molar refractivity (Wildman–Crippen MR) is 81.3 cm³/mol. The van der Waals surface area contributed by atoms with Crippen LogP contribution >= 0.6 is 0 Å². The molecule has 2 heterocycles. The molecule has 1 aliphatic carbocycles. The summed E-state index contributed by atoms with van der Waals surface area (Å²) in [7, 11) is 0. The van der Waals surface area contributed by atoms with Crippen LogP contribution in [0.5, 0.6) is 0 Å². The molecule has 1 N–H and O–H groups in total. The van der Waals surface area contributed by atoms with Crippen LogP contribution in [0.2, 0.25) is 0 Å². The van der Waals surface area contributed by atoms with Gasteiger partial charge in [0.1, 0.15) is 6.04 Å². The van der Waals surface area contributed by atoms with E-state index < -0.39 is 6.04 Å². The number of carbonyl (C=O) groups excluding carboxylic acids is 1. The van der Waals surface area contributed by atoms with Gasteiger partial charge >= 0.3 is 0 Å². The van der Waals surface area contributed by atoms with Crippen LogP contribution in [-0.2, 0) is 11.3 Å². The van der Waals surface area contributed by atoms with Gasteiger partial charge in [-0.3, -0.25) is 14.6 Å². The van der Waals surface area contributed by atoms with Crippen molar-refractivity contribution in [1.82, 2.24) is 20.1 Å². The van der Waals surface area contributed by atoms with Crippen LogP contribution in [0.15, 0.2) is 41.3 Å². The van der Waals surface area contributed by atoms with Gasteiger partial charge in [-0.05, 0) is 38.0 Å². The lowest BCUT2D eigenvalue weighted by molar-refractivity contribution is -0.124. The maximum Gasteiger partial charge on any atom is 0.267 e. The number of pyridine rings is 1. The fraction of sp³-hybridized carbons (Fsp3) is 0.375. The molecule has 114 valence electrons. The van der Waals surface area contributed by atoms with Crippen LogP contribution in [0.4, 0.5) is 0 Å². The number of rotatable bonds is 5. The first-order valence-corrected chi connectivity index (χ1v) is 7.42. The molecule has 0 spiro atoms. The van der Waals surface area contributed by atoms with E-state index in [1.807, 2.05) is 18.2 Å². The molecule has 1 atom stereocenters. The third-order valence-electron chi connectivity index (χ3n) is 3.76. The zero-order chi connectivity index (χ0) is 15.5. The highest BCUT2D eigenvalue weighted by atomic mass is 16.2. The van der Waals surface area contributed by atoms with E-state index in [9.17, 15) is 9.59 Å². The second-order valence-electron chi connectivity index (χ2n) is 5.53. The Balaban J connectivity index is 1.70. The Morgan fingerprint density at radius 1 is 1.36 bits per heavy atom. The van der Waals surface area contributed by atoms with Crippen molar-refractivity contribution in [2.45, 2.75) is 38.3 Å². The molecule has 0 aliphatic heterocycles. The Bertz CT molecular complexity index is 722. The lowest BCUT2D eigenvalue weighted by Crippen LogP contribution is -2.37. The van der Waals surface area contributed by atoms with Gasteiger partial charge in [-0.1, -0.05) is 6.07 Å². The highest BCUT2D eigenvalue weighted by Crippen LogP contribution is 2.38. The minimum absolute atomic E-state index is 0.242. The van der Waals surface area contributed by atoms with Crippen LogP contribution in [0.3, 0.4) is 0 Å². The number of hydrogen-bond donors (Lipinski definition) is 1. The second kappa shape index (κ2) is 6.09. The lowest BCUT2D eigenvalue weighted by atomic mass is 10.2. The molecule has 1 fully saturated rings. The summed E-state index contributed by atoms with van der Waals surface area (Å²) in [5.41, 5.74) is 1.41. The van der Waals surface area contributed by atoms with Gasteiger partial charge in [0, 0.05) is 18.2 Å². The third kappa shape index (κ3) is 3.21. The quantitative estimate of drug-likeness (QED) is 0.905. The minimum atomic E-state index is -0.644. The number of nitrogens with zero attached hydrogens (tertiary/aromatic N) is 3. The Kier molecular flexibility index (Phi) is 4.00. The summed E-state index contributed by atoms with van der Waals surface area (Å²) in [5.74, 6) is 0.198. The third-order valence-corrected chi connectivity index (χ3v) is 3.76. The SMILES string of the molecule is C[C@H](C(=O)NCc1ccccn1)n1nc(C2CC2)ccc1=O. The van der Waals surface area contributed by atoms with Crippen molar-refractivity contribution in [3.63, 3.8) is 0 Å². The average Bonchev–Trinajstić information content (AvgIpc) is 3.38. The van der Waals surface area contributed by atoms with Crippen molar-refractivity contribution in [3.8, 4) is 0 Å². The molecule has 1 aliphatic rings. The molecule has 2 aromatic rings. The van der Waals surface area contributed by atoms with Crippen molar-refractivity contribution < 1.29 is 4.79 Å². The van der Waals surface area contributed by atoms with Crippen molar-refractivity contribution in [2.24, 2.45) is 0 Å². The van der Waals surface area contributed by atoms with E-state index in [1.165, 1.54) is 10.7 Å². The number of nitrogens with one attached hydrogen (secondary N) is 1. The van der Waals surface area contributed by atoms with Crippen LogP contribution < -0.4 is 10.9 Å². The zero-order valence-electron chi connectivity index (χ0n) is 12.4. The predicted octanol–water partition coefficient (Wildman–Crippen LogP) is 1.39. The lowest BCUT2D eigenvalue weighted by Gasteiger charge is -2.14. The molecule has 0 bridgehead atoms. The van der Waals surface area contributed by atoms with Crippen LogP contribution in [-0.4, -0.2) is 20.7 Å². The van der Waals surface area contributed by atoms with Gasteiger partial charge in [0.15, 0.2) is 0 Å². The fourth-order valence-corrected chi connectivity index (χ4v) is 2.25. The summed E-state index contributed by atoms with van der Waals surface area (Å²) in [4.78, 5) is 28.3. The number of hydrogen-bond acceptors (Lipinski definition) is 4. The maximum atomic E-state index is 12.2. The number of carbonyl (C=O) groups is 1. The van der Waals surface area contributed by atoms with E-state index in [1.54, 1.807) is 19.2 Å². The first kappa shape index (κ1) is 14.4. The highest BCUT2D eigenvalue weighted by molar-refractivity contribution is 5.79. The molecule has 0 saturated heterocycles. The van der Waals surface area contributed by atoms with Crippen LogP contribution in [0.1, 0.15) is 43.1 Å². The van der Waals surface area contributed by atoms with Crippen molar-refractivity contribution in [2.75, 3.05) is 0 Å². The second-order valence-corrected chi connectivity index (χ2v) is 5.53. The summed E-state index contributed by atoms with van der Waals surface area (Å²) in [6.07, 6.45) is 3.88. The molecule has 1 amide bonds. The zero-order valence-corrected chi connectivity index (χ0v) is 12.4. The molecule has 22 heavy (non-hydrogen) atoms. The van der Waals surface area contributed by atoms with Gasteiger partial charge in [-0.15, -0.1) is 0 Å². The summed E-state index contributed by atoms with van der Waals surface area (Å²) in [6.45, 7) is 2.01. The number of amides is 1. The van der Waals surface area contributed by atoms with Gasteiger partial charge in [0.05, 0.1) is 17.9 Å². The molecular weight excluding hydrogens is 280 g/mol. The summed E-state index contributed by atoms with van der Waals surface area (Å²) < 4.78 is 1.27. The van der Waals surface area contributed by atoms with E-state index in [0.29, 0.717) is 12.5 Å². The Labute approximate surface area is 128 Å². The molecule has 3 rings (SSSR count). The molecule has 2 aromatic heterocycles. The summed E-state index contributed by atoms with van der Waals surface area (Å²) >= 11 is 0. The van der Waals surface area contributed by atoms with Crippen molar-refractivity contribution in [3.05, 3.63) is 58.3 Å². The minimum Gasteiger partial charge on any atom is -0.349 e. The molecule has 0 radical (unpaired) electrons. The molecule has 1 saturated carbocycles. The van der Waals surface area contributed by atoms with E-state index in [0.717, 1.165) is 24.2 Å². The Morgan fingerprint density at radius 3 is 2.86 bits per heavy atom. The molecular formula is C16H18N4O2. The van der Waals surface area contributed by atoms with Crippen molar-refractivity contribution >= 4 is 5.91 Å². The molecule has 6 nitrogen and oxygen atoms in total. The summed E-state index contributed by atoms with van der Waals surface area (Å²) in [5, 5.41) is 7.13. The van der Waals surface area contributed by atoms with Gasteiger partial charge in [-0.2, -0.15) is 5.10 Å². The Morgan fingerprint density at radius 2 is 2.18 bits per heavy atom. The van der Waals surface area contributed by atoms with E-state index in [4.69, 9.17) is 0 Å². The van der Waals surface area contributed by atoms with Crippen molar-refractivity contribution in [1.29, 1.82) is 0 Å². The van der Waals surface area contributed by atoms with E-state index in [2.05, 4.69) is 15.4 Å². The van der Waals surface area contributed by atoms with Gasteiger partial charge in [0.2, 0.25) is 5.91 Å².